The molecule has 0 aliphatic rings. The number of hydrogen-bond donors (Lipinski definition) is 1. The average molecular weight is 405 g/mol. The van der Waals surface area contributed by atoms with Crippen LogP contribution in [0.15, 0.2) is 72.8 Å². The zero-order valence-electron chi connectivity index (χ0n) is 15.4. The zero-order valence-corrected chi connectivity index (χ0v) is 15.4. The second-order valence-corrected chi connectivity index (χ2v) is 6.36. The van der Waals surface area contributed by atoms with E-state index in [2.05, 4.69) is 11.4 Å². The Hall–Kier alpha value is -4.10. The molecule has 0 aliphatic heterocycles. The lowest BCUT2D eigenvalue weighted by atomic mass is 9.95. The van der Waals surface area contributed by atoms with Crippen LogP contribution in [0.5, 0.6) is 0 Å². The highest BCUT2D eigenvalue weighted by molar-refractivity contribution is 6.01. The number of nitrogens with zero attached hydrogens (tertiary/aromatic N) is 2. The predicted molar refractivity (Wildman–Crippen MR) is 104 cm³/mol. The SMILES string of the molecule is N#Cc1ccccc1-c1ccccc1C(=O)NC(C#N)c1cccc(C(F)(F)F)c1. The fourth-order valence-corrected chi connectivity index (χ4v) is 3.03. The van der Waals surface area contributed by atoms with E-state index in [1.165, 1.54) is 18.2 Å². The van der Waals surface area contributed by atoms with Gasteiger partial charge in [0.15, 0.2) is 0 Å². The van der Waals surface area contributed by atoms with Gasteiger partial charge in [0.25, 0.3) is 5.91 Å². The van der Waals surface area contributed by atoms with Gasteiger partial charge in [0, 0.05) is 11.1 Å². The first-order valence-corrected chi connectivity index (χ1v) is 8.81. The Morgan fingerprint density at radius 2 is 1.57 bits per heavy atom. The van der Waals surface area contributed by atoms with E-state index in [4.69, 9.17) is 0 Å². The van der Waals surface area contributed by atoms with Gasteiger partial charge in [0.1, 0.15) is 6.04 Å². The molecule has 30 heavy (non-hydrogen) atoms. The molecular formula is C23H14F3N3O. The maximum atomic E-state index is 13.0. The lowest BCUT2D eigenvalue weighted by molar-refractivity contribution is -0.137. The van der Waals surface area contributed by atoms with Gasteiger partial charge in [-0.25, -0.2) is 0 Å². The van der Waals surface area contributed by atoms with E-state index in [0.717, 1.165) is 12.1 Å². The van der Waals surface area contributed by atoms with Crippen molar-refractivity contribution >= 4 is 5.91 Å². The highest BCUT2D eigenvalue weighted by Crippen LogP contribution is 2.31. The number of alkyl halides is 3. The summed E-state index contributed by atoms with van der Waals surface area (Å²) in [5.74, 6) is -0.637. The third kappa shape index (κ3) is 4.31. The molecule has 3 rings (SSSR count). The molecule has 3 aromatic carbocycles. The molecule has 1 N–H and O–H groups in total. The predicted octanol–water partition coefficient (Wildman–Crippen LogP) is 5.24. The number of amides is 1. The van der Waals surface area contributed by atoms with Gasteiger partial charge in [-0.15, -0.1) is 0 Å². The first kappa shape index (κ1) is 20.6. The highest BCUT2D eigenvalue weighted by Gasteiger charge is 2.31. The summed E-state index contributed by atoms with van der Waals surface area (Å²) in [7, 11) is 0. The number of carbonyl (C=O) groups is 1. The molecule has 0 saturated heterocycles. The monoisotopic (exact) mass is 405 g/mol. The Balaban J connectivity index is 1.95. The second-order valence-electron chi connectivity index (χ2n) is 6.36. The van der Waals surface area contributed by atoms with Crippen molar-refractivity contribution < 1.29 is 18.0 Å². The third-order valence-corrected chi connectivity index (χ3v) is 4.46. The van der Waals surface area contributed by atoms with Crippen LogP contribution in [0.2, 0.25) is 0 Å². The quantitative estimate of drug-likeness (QED) is 0.645. The molecule has 0 saturated carbocycles. The van der Waals surface area contributed by atoms with Gasteiger partial charge in [-0.1, -0.05) is 48.5 Å². The van der Waals surface area contributed by atoms with Crippen LogP contribution >= 0.6 is 0 Å². The first-order valence-electron chi connectivity index (χ1n) is 8.81. The Bertz CT molecular complexity index is 1170. The standard InChI is InChI=1S/C23H14F3N3O/c24-23(25,26)17-8-5-7-15(12-17)21(14-28)29-22(30)20-11-4-3-10-19(20)18-9-2-1-6-16(18)13-27/h1-12,21H,(H,29,30). The molecule has 0 radical (unpaired) electrons. The molecule has 0 aliphatic carbocycles. The van der Waals surface area contributed by atoms with Crippen LogP contribution in [0.3, 0.4) is 0 Å². The molecule has 3 aromatic rings. The van der Waals surface area contributed by atoms with Gasteiger partial charge >= 0.3 is 6.18 Å². The van der Waals surface area contributed by atoms with Crippen molar-refractivity contribution in [3.8, 4) is 23.3 Å². The third-order valence-electron chi connectivity index (χ3n) is 4.46. The minimum Gasteiger partial charge on any atom is -0.332 e. The lowest BCUT2D eigenvalue weighted by Crippen LogP contribution is -2.28. The maximum absolute atomic E-state index is 13.0. The van der Waals surface area contributed by atoms with Gasteiger partial charge in [-0.05, 0) is 35.4 Å². The zero-order chi connectivity index (χ0) is 21.7. The lowest BCUT2D eigenvalue weighted by Gasteiger charge is -2.16. The number of nitriles is 2. The molecule has 4 nitrogen and oxygen atoms in total. The van der Waals surface area contributed by atoms with Crippen molar-refractivity contribution in [2.45, 2.75) is 12.2 Å². The molecule has 7 heteroatoms. The molecule has 0 spiro atoms. The van der Waals surface area contributed by atoms with Crippen LogP contribution in [0.1, 0.15) is 33.1 Å². The Labute approximate surface area is 170 Å². The fraction of sp³-hybridized carbons (Fsp3) is 0.0870. The highest BCUT2D eigenvalue weighted by atomic mass is 19.4. The number of hydrogen-bond acceptors (Lipinski definition) is 3. The van der Waals surface area contributed by atoms with E-state index in [-0.39, 0.29) is 11.1 Å². The normalized spacial score (nSPS) is 11.8. The molecule has 1 amide bonds. The molecule has 1 atom stereocenters. The molecule has 148 valence electrons. The summed E-state index contributed by atoms with van der Waals surface area (Å²) in [6.07, 6.45) is -4.56. The van der Waals surface area contributed by atoms with E-state index < -0.39 is 23.7 Å². The largest absolute Gasteiger partial charge is 0.416 e. The molecule has 1 unspecified atom stereocenters. The van der Waals surface area contributed by atoms with Crippen LogP contribution in [-0.2, 0) is 6.18 Å². The average Bonchev–Trinajstić information content (AvgIpc) is 2.76. The van der Waals surface area contributed by atoms with Crippen molar-refractivity contribution in [1.82, 2.24) is 5.32 Å². The van der Waals surface area contributed by atoms with Crippen LogP contribution < -0.4 is 5.32 Å². The van der Waals surface area contributed by atoms with Gasteiger partial charge < -0.3 is 5.32 Å². The van der Waals surface area contributed by atoms with Gasteiger partial charge in [-0.2, -0.15) is 23.7 Å². The molecule has 0 bridgehead atoms. The summed E-state index contributed by atoms with van der Waals surface area (Å²) in [6, 6.07) is 20.1. The fourth-order valence-electron chi connectivity index (χ4n) is 3.03. The first-order chi connectivity index (χ1) is 14.3. The van der Waals surface area contributed by atoms with E-state index in [1.807, 2.05) is 6.07 Å². The molecule has 0 aromatic heterocycles. The topological polar surface area (TPSA) is 76.7 Å². The summed E-state index contributed by atoms with van der Waals surface area (Å²) in [6.45, 7) is 0. The maximum Gasteiger partial charge on any atom is 0.416 e. The number of benzene rings is 3. The van der Waals surface area contributed by atoms with Gasteiger partial charge in [0.2, 0.25) is 0 Å². The van der Waals surface area contributed by atoms with E-state index >= 15 is 0 Å². The van der Waals surface area contributed by atoms with E-state index in [0.29, 0.717) is 16.7 Å². The molecule has 0 fully saturated rings. The van der Waals surface area contributed by atoms with Crippen LogP contribution in [0, 0.1) is 22.7 Å². The van der Waals surface area contributed by atoms with Crippen molar-refractivity contribution in [2.75, 3.05) is 0 Å². The summed E-state index contributed by atoms with van der Waals surface area (Å²) in [4.78, 5) is 12.9. The number of rotatable bonds is 4. The smallest absolute Gasteiger partial charge is 0.332 e. The van der Waals surface area contributed by atoms with Crippen molar-refractivity contribution in [1.29, 1.82) is 10.5 Å². The van der Waals surface area contributed by atoms with Crippen molar-refractivity contribution in [2.24, 2.45) is 0 Å². The summed E-state index contributed by atoms with van der Waals surface area (Å²) in [5.41, 5.74) is 0.708. The minimum atomic E-state index is -4.56. The second kappa shape index (κ2) is 8.50. The van der Waals surface area contributed by atoms with Gasteiger partial charge in [0.05, 0.1) is 23.3 Å². The molecular weight excluding hydrogens is 391 g/mol. The van der Waals surface area contributed by atoms with Crippen molar-refractivity contribution in [3.63, 3.8) is 0 Å². The van der Waals surface area contributed by atoms with Crippen LogP contribution in [-0.4, -0.2) is 5.91 Å². The minimum absolute atomic E-state index is 0.0237. The summed E-state index contributed by atoms with van der Waals surface area (Å²) < 4.78 is 38.9. The van der Waals surface area contributed by atoms with Crippen LogP contribution in [0.4, 0.5) is 13.2 Å². The van der Waals surface area contributed by atoms with Gasteiger partial charge in [-0.3, -0.25) is 4.79 Å². The number of nitrogens with one attached hydrogen (secondary N) is 1. The Morgan fingerprint density at radius 3 is 2.23 bits per heavy atom. The van der Waals surface area contributed by atoms with Crippen molar-refractivity contribution in [3.05, 3.63) is 95.1 Å². The molecule has 0 heterocycles. The summed E-state index contributed by atoms with van der Waals surface area (Å²) in [5, 5.41) is 21.3. The Kier molecular flexibility index (Phi) is 5.85. The van der Waals surface area contributed by atoms with E-state index in [1.54, 1.807) is 42.5 Å². The number of carbonyl (C=O) groups excluding carboxylic acids is 1. The van der Waals surface area contributed by atoms with Crippen LogP contribution in [0.25, 0.3) is 11.1 Å². The summed E-state index contributed by atoms with van der Waals surface area (Å²) >= 11 is 0. The number of halogens is 3. The Morgan fingerprint density at radius 1 is 0.900 bits per heavy atom. The van der Waals surface area contributed by atoms with E-state index in [9.17, 15) is 28.5 Å².